The molecule has 4 heterocycles. The highest BCUT2D eigenvalue weighted by Crippen LogP contribution is 2.40. The van der Waals surface area contributed by atoms with Crippen LogP contribution >= 0.6 is 22.7 Å². The summed E-state index contributed by atoms with van der Waals surface area (Å²) in [5.74, 6) is -0.0463. The van der Waals surface area contributed by atoms with Crippen molar-refractivity contribution in [2.45, 2.75) is 19.8 Å². The first-order valence-electron chi connectivity index (χ1n) is 11.6. The Bertz CT molecular complexity index is 1150. The molecule has 0 bridgehead atoms. The van der Waals surface area contributed by atoms with E-state index in [0.29, 0.717) is 44.3 Å². The van der Waals surface area contributed by atoms with Crippen LogP contribution in [0.1, 0.15) is 28.2 Å². The smallest absolute Gasteiger partial charge is 0.264 e. The zero-order valence-electron chi connectivity index (χ0n) is 19.2. The van der Waals surface area contributed by atoms with E-state index in [9.17, 15) is 9.59 Å². The Hall–Kier alpha value is -2.75. The van der Waals surface area contributed by atoms with Crippen LogP contribution < -0.4 is 10.2 Å². The van der Waals surface area contributed by atoms with Gasteiger partial charge in [0.05, 0.1) is 28.8 Å². The number of thiophene rings is 1. The summed E-state index contributed by atoms with van der Waals surface area (Å²) in [5.41, 5.74) is 3.12. The summed E-state index contributed by atoms with van der Waals surface area (Å²) >= 11 is 3.01. The number of hydrogen-bond donors (Lipinski definition) is 1. The molecule has 2 aliphatic heterocycles. The van der Waals surface area contributed by atoms with Crippen LogP contribution in [-0.4, -0.2) is 61.1 Å². The van der Waals surface area contributed by atoms with Crippen LogP contribution in [0.5, 0.6) is 0 Å². The van der Waals surface area contributed by atoms with E-state index in [0.717, 1.165) is 39.8 Å². The second kappa shape index (κ2) is 10.2. The average molecular weight is 497 g/mol. The number of anilines is 2. The SMILES string of the molecule is Cc1csc(NC(=O)C2CCN(C(=O)c3cc(-c4ccccc4)c(N4CCOCC4)s3)CC2)n1. The van der Waals surface area contributed by atoms with Crippen molar-refractivity contribution in [3.63, 3.8) is 0 Å². The van der Waals surface area contributed by atoms with Gasteiger partial charge in [0, 0.05) is 43.0 Å². The number of carbonyl (C=O) groups excluding carboxylic acids is 2. The minimum absolute atomic E-state index is 0.00135. The second-order valence-electron chi connectivity index (χ2n) is 8.64. The topological polar surface area (TPSA) is 74.8 Å². The van der Waals surface area contributed by atoms with Crippen LogP contribution in [0.15, 0.2) is 41.8 Å². The number of thiazole rings is 1. The van der Waals surface area contributed by atoms with E-state index in [2.05, 4.69) is 27.3 Å². The summed E-state index contributed by atoms with van der Waals surface area (Å²) in [7, 11) is 0. The standard InChI is InChI=1S/C25H28N4O3S2/c1-17-16-33-25(26-17)27-22(30)19-7-9-28(10-8-19)23(31)21-15-20(18-5-3-2-4-6-18)24(34-21)29-11-13-32-14-12-29/h2-6,15-16,19H,7-14H2,1H3,(H,26,27,30). The molecule has 34 heavy (non-hydrogen) atoms. The van der Waals surface area contributed by atoms with Crippen molar-refractivity contribution in [3.8, 4) is 11.1 Å². The fraction of sp³-hybridized carbons (Fsp3) is 0.400. The Morgan fingerprint density at radius 1 is 1.09 bits per heavy atom. The fourth-order valence-corrected chi connectivity index (χ4v) is 6.32. The van der Waals surface area contributed by atoms with Gasteiger partial charge >= 0.3 is 0 Å². The quantitative estimate of drug-likeness (QED) is 0.563. The molecule has 2 amide bonds. The number of ether oxygens (including phenoxy) is 1. The van der Waals surface area contributed by atoms with Gasteiger partial charge in [0.15, 0.2) is 5.13 Å². The molecule has 3 aromatic rings. The Morgan fingerprint density at radius 3 is 2.50 bits per heavy atom. The normalized spacial score (nSPS) is 17.1. The number of amides is 2. The molecule has 9 heteroatoms. The van der Waals surface area contributed by atoms with Gasteiger partial charge < -0.3 is 19.9 Å². The van der Waals surface area contributed by atoms with E-state index < -0.39 is 0 Å². The third kappa shape index (κ3) is 5.01. The molecule has 7 nitrogen and oxygen atoms in total. The molecular formula is C25H28N4O3S2. The summed E-state index contributed by atoms with van der Waals surface area (Å²) in [6, 6.07) is 12.3. The Kier molecular flexibility index (Phi) is 6.94. The van der Waals surface area contributed by atoms with Crippen molar-refractivity contribution in [3.05, 3.63) is 52.3 Å². The molecule has 0 radical (unpaired) electrons. The van der Waals surface area contributed by atoms with Crippen LogP contribution in [0.2, 0.25) is 0 Å². The first-order valence-corrected chi connectivity index (χ1v) is 13.3. The number of aryl methyl sites for hydroxylation is 1. The Labute approximate surface area is 207 Å². The Morgan fingerprint density at radius 2 is 1.82 bits per heavy atom. The van der Waals surface area contributed by atoms with Crippen LogP contribution in [0, 0.1) is 12.8 Å². The highest BCUT2D eigenvalue weighted by Gasteiger charge is 2.30. The third-order valence-electron chi connectivity index (χ3n) is 6.31. The molecule has 1 N–H and O–H groups in total. The summed E-state index contributed by atoms with van der Waals surface area (Å²) in [4.78, 5) is 35.4. The van der Waals surface area contributed by atoms with Crippen molar-refractivity contribution >= 4 is 44.6 Å². The maximum Gasteiger partial charge on any atom is 0.264 e. The van der Waals surface area contributed by atoms with Crippen LogP contribution in [0.4, 0.5) is 10.1 Å². The highest BCUT2D eigenvalue weighted by atomic mass is 32.1. The molecule has 2 aliphatic rings. The van der Waals surface area contributed by atoms with E-state index in [4.69, 9.17) is 4.74 Å². The monoisotopic (exact) mass is 496 g/mol. The lowest BCUT2D eigenvalue weighted by Crippen LogP contribution is -2.41. The maximum atomic E-state index is 13.4. The van der Waals surface area contributed by atoms with Gasteiger partial charge in [-0.25, -0.2) is 4.98 Å². The van der Waals surface area contributed by atoms with Gasteiger partial charge in [-0.3, -0.25) is 9.59 Å². The number of nitrogens with zero attached hydrogens (tertiary/aromatic N) is 3. The summed E-state index contributed by atoms with van der Waals surface area (Å²) in [6.45, 7) is 6.13. The van der Waals surface area contributed by atoms with Gasteiger partial charge in [0.25, 0.3) is 5.91 Å². The van der Waals surface area contributed by atoms with E-state index in [1.807, 2.05) is 41.5 Å². The van der Waals surface area contributed by atoms with Crippen LogP contribution in [0.25, 0.3) is 11.1 Å². The average Bonchev–Trinajstić information content (AvgIpc) is 3.51. The molecule has 5 rings (SSSR count). The maximum absolute atomic E-state index is 13.4. The van der Waals surface area contributed by atoms with Gasteiger partial charge in [-0.2, -0.15) is 0 Å². The van der Waals surface area contributed by atoms with E-state index >= 15 is 0 Å². The molecule has 178 valence electrons. The number of hydrogen-bond acceptors (Lipinski definition) is 7. The number of carbonyl (C=O) groups is 2. The summed E-state index contributed by atoms with van der Waals surface area (Å²) in [6.07, 6.45) is 1.32. The molecule has 1 aromatic carbocycles. The van der Waals surface area contributed by atoms with Crippen molar-refractivity contribution in [2.24, 2.45) is 5.92 Å². The molecule has 0 saturated carbocycles. The molecule has 2 aromatic heterocycles. The van der Waals surface area contributed by atoms with Gasteiger partial charge in [0.2, 0.25) is 5.91 Å². The zero-order valence-corrected chi connectivity index (χ0v) is 20.8. The molecule has 2 saturated heterocycles. The van der Waals surface area contributed by atoms with Crippen LogP contribution in [0.3, 0.4) is 0 Å². The van der Waals surface area contributed by atoms with Crippen molar-refractivity contribution < 1.29 is 14.3 Å². The number of benzene rings is 1. The van der Waals surface area contributed by atoms with Gasteiger partial charge in [0.1, 0.15) is 0 Å². The number of likely N-dealkylation sites (tertiary alicyclic amines) is 1. The number of aromatic nitrogens is 1. The second-order valence-corrected chi connectivity index (χ2v) is 10.5. The molecular weight excluding hydrogens is 468 g/mol. The van der Waals surface area contributed by atoms with Gasteiger partial charge in [-0.15, -0.1) is 22.7 Å². The first-order chi connectivity index (χ1) is 16.6. The minimum atomic E-state index is -0.0969. The number of rotatable bonds is 5. The fourth-order valence-electron chi connectivity index (χ4n) is 4.43. The first kappa shape index (κ1) is 23.0. The minimum Gasteiger partial charge on any atom is -0.378 e. The van der Waals surface area contributed by atoms with Gasteiger partial charge in [-0.05, 0) is 31.4 Å². The van der Waals surface area contributed by atoms with Gasteiger partial charge in [-0.1, -0.05) is 30.3 Å². The van der Waals surface area contributed by atoms with E-state index in [1.54, 1.807) is 11.3 Å². The van der Waals surface area contributed by atoms with E-state index in [-0.39, 0.29) is 17.7 Å². The molecule has 0 atom stereocenters. The number of morpholine rings is 1. The van der Waals surface area contributed by atoms with Crippen molar-refractivity contribution in [2.75, 3.05) is 49.6 Å². The predicted octanol–water partition coefficient (Wildman–Crippen LogP) is 4.51. The Balaban J connectivity index is 1.28. The van der Waals surface area contributed by atoms with Crippen LogP contribution in [-0.2, 0) is 9.53 Å². The number of nitrogens with one attached hydrogen (secondary N) is 1. The lowest BCUT2D eigenvalue weighted by Gasteiger charge is -2.31. The molecule has 0 unspecified atom stereocenters. The molecule has 2 fully saturated rings. The van der Waals surface area contributed by atoms with E-state index in [1.165, 1.54) is 11.3 Å². The number of piperidine rings is 1. The lowest BCUT2D eigenvalue weighted by atomic mass is 9.96. The van der Waals surface area contributed by atoms with Crippen molar-refractivity contribution in [1.82, 2.24) is 9.88 Å². The van der Waals surface area contributed by atoms with Crippen molar-refractivity contribution in [1.29, 1.82) is 0 Å². The largest absolute Gasteiger partial charge is 0.378 e. The lowest BCUT2D eigenvalue weighted by molar-refractivity contribution is -0.121. The summed E-state index contributed by atoms with van der Waals surface area (Å²) < 4.78 is 5.54. The molecule has 0 aliphatic carbocycles. The molecule has 0 spiro atoms. The summed E-state index contributed by atoms with van der Waals surface area (Å²) in [5, 5.41) is 6.62. The highest BCUT2D eigenvalue weighted by molar-refractivity contribution is 7.18. The zero-order chi connectivity index (χ0) is 23.5. The third-order valence-corrected chi connectivity index (χ3v) is 8.37. The predicted molar refractivity (Wildman–Crippen MR) is 137 cm³/mol.